The van der Waals surface area contributed by atoms with E-state index in [4.69, 9.17) is 20.3 Å². The number of rotatable bonds is 7. The molecule has 0 unspecified atom stereocenters. The number of aliphatic hydroxyl groups excluding tert-OH is 1. The quantitative estimate of drug-likeness (QED) is 0.338. The van der Waals surface area contributed by atoms with E-state index in [0.29, 0.717) is 24.0 Å². The van der Waals surface area contributed by atoms with Crippen molar-refractivity contribution in [3.63, 3.8) is 0 Å². The maximum Gasteiger partial charge on any atom is 0.193 e. The summed E-state index contributed by atoms with van der Waals surface area (Å²) in [5, 5.41) is 12.1. The molecule has 6 nitrogen and oxygen atoms in total. The molecule has 0 saturated heterocycles. The van der Waals surface area contributed by atoms with Crippen LogP contribution in [0.25, 0.3) is 0 Å². The lowest BCUT2D eigenvalue weighted by molar-refractivity contribution is 0.282. The van der Waals surface area contributed by atoms with Crippen LogP contribution in [0.3, 0.4) is 0 Å². The van der Waals surface area contributed by atoms with Gasteiger partial charge in [0.2, 0.25) is 0 Å². The predicted octanol–water partition coefficient (Wildman–Crippen LogP) is 2.78. The van der Waals surface area contributed by atoms with Gasteiger partial charge in [0.05, 0.1) is 20.8 Å². The smallest absolute Gasteiger partial charge is 0.193 e. The molecule has 0 fully saturated rings. The Kier molecular flexibility index (Phi) is 9.07. The molecule has 0 radical (unpaired) electrons. The van der Waals surface area contributed by atoms with E-state index in [2.05, 4.69) is 10.3 Å². The van der Waals surface area contributed by atoms with Gasteiger partial charge in [-0.3, -0.25) is 4.99 Å². The van der Waals surface area contributed by atoms with E-state index in [0.717, 1.165) is 23.2 Å². The van der Waals surface area contributed by atoms with Gasteiger partial charge in [-0.05, 0) is 29.7 Å². The van der Waals surface area contributed by atoms with Gasteiger partial charge in [0.15, 0.2) is 17.5 Å². The first-order chi connectivity index (χ1) is 11.7. The van der Waals surface area contributed by atoms with E-state index < -0.39 is 0 Å². The van der Waals surface area contributed by atoms with Gasteiger partial charge in [0.1, 0.15) is 0 Å². The third-order valence-electron chi connectivity index (χ3n) is 3.54. The number of guanidine groups is 1. The lowest BCUT2D eigenvalue weighted by Crippen LogP contribution is -2.23. The normalized spacial score (nSPS) is 10.8. The number of hydrogen-bond acceptors (Lipinski definition) is 4. The van der Waals surface area contributed by atoms with Crippen molar-refractivity contribution >= 4 is 35.6 Å². The third kappa shape index (κ3) is 6.43. The molecule has 0 bridgehead atoms. The number of aliphatic hydroxyl groups is 1. The zero-order chi connectivity index (χ0) is 17.4. The number of methoxy groups -OCH3 is 2. The minimum atomic E-state index is 0. The Hall–Kier alpha value is -2.00. The maximum absolute atomic E-state index is 9.02. The van der Waals surface area contributed by atoms with E-state index in [1.807, 2.05) is 30.3 Å². The van der Waals surface area contributed by atoms with E-state index in [-0.39, 0.29) is 30.6 Å². The molecule has 4 N–H and O–H groups in total. The summed E-state index contributed by atoms with van der Waals surface area (Å²) in [6.45, 7) is 0.630. The van der Waals surface area contributed by atoms with Gasteiger partial charge in [-0.1, -0.05) is 24.3 Å². The van der Waals surface area contributed by atoms with E-state index in [9.17, 15) is 0 Å². The number of halogens is 1. The molecular weight excluding hydrogens is 433 g/mol. The molecule has 0 aliphatic heterocycles. The fourth-order valence-corrected chi connectivity index (χ4v) is 2.22. The second kappa shape index (κ2) is 10.8. The van der Waals surface area contributed by atoms with Crippen LogP contribution in [-0.2, 0) is 13.0 Å². The van der Waals surface area contributed by atoms with Gasteiger partial charge in [-0.15, -0.1) is 24.0 Å². The largest absolute Gasteiger partial charge is 0.493 e. The molecule has 7 heteroatoms. The molecule has 25 heavy (non-hydrogen) atoms. The molecule has 0 aliphatic rings. The molecule has 2 aromatic rings. The Morgan fingerprint density at radius 3 is 2.28 bits per heavy atom. The number of nitrogens with zero attached hydrogens (tertiary/aromatic N) is 1. The van der Waals surface area contributed by atoms with Gasteiger partial charge in [-0.25, -0.2) is 0 Å². The van der Waals surface area contributed by atoms with Crippen molar-refractivity contribution in [2.24, 2.45) is 10.7 Å². The SMILES string of the molecule is COc1ccc(NC(N)=NCCc2ccc(CO)cc2)cc1OC.I. The Balaban J connectivity index is 0.00000312. The highest BCUT2D eigenvalue weighted by Gasteiger charge is 2.05. The van der Waals surface area contributed by atoms with E-state index >= 15 is 0 Å². The summed E-state index contributed by atoms with van der Waals surface area (Å²) in [4.78, 5) is 4.32. The number of benzene rings is 2. The minimum absolute atomic E-state index is 0. The van der Waals surface area contributed by atoms with Gasteiger partial charge in [-0.2, -0.15) is 0 Å². The molecule has 0 aromatic heterocycles. The number of ether oxygens (including phenoxy) is 2. The lowest BCUT2D eigenvalue weighted by Gasteiger charge is -2.11. The Labute approximate surface area is 165 Å². The standard InChI is InChI=1S/C18H23N3O3.HI/c1-23-16-8-7-15(11-17(16)24-2)21-18(19)20-10-9-13-3-5-14(12-22)6-4-13;/h3-8,11,22H,9-10,12H2,1-2H3,(H3,19,20,21);1H. The first-order valence-electron chi connectivity index (χ1n) is 7.64. The molecule has 0 heterocycles. The molecule has 0 spiro atoms. The molecule has 2 rings (SSSR count). The maximum atomic E-state index is 9.02. The van der Waals surface area contributed by atoms with Crippen molar-refractivity contribution in [3.8, 4) is 11.5 Å². The average molecular weight is 457 g/mol. The molecule has 0 saturated carbocycles. The zero-order valence-corrected chi connectivity index (χ0v) is 16.7. The van der Waals surface area contributed by atoms with Gasteiger partial charge in [0.25, 0.3) is 0 Å². The highest BCUT2D eigenvalue weighted by atomic mass is 127. The third-order valence-corrected chi connectivity index (χ3v) is 3.54. The fourth-order valence-electron chi connectivity index (χ4n) is 2.22. The van der Waals surface area contributed by atoms with Gasteiger partial charge >= 0.3 is 0 Å². The van der Waals surface area contributed by atoms with Crippen LogP contribution in [0, 0.1) is 0 Å². The van der Waals surface area contributed by atoms with Crippen LogP contribution in [0.15, 0.2) is 47.5 Å². The van der Waals surface area contributed by atoms with Gasteiger partial charge < -0.3 is 25.6 Å². The van der Waals surface area contributed by atoms with Crippen molar-refractivity contribution in [1.82, 2.24) is 0 Å². The highest BCUT2D eigenvalue weighted by molar-refractivity contribution is 14.0. The second-order valence-corrected chi connectivity index (χ2v) is 5.19. The summed E-state index contributed by atoms with van der Waals surface area (Å²) >= 11 is 0. The molecular formula is C18H24IN3O3. The van der Waals surface area contributed by atoms with Crippen LogP contribution in [0.5, 0.6) is 11.5 Å². The van der Waals surface area contributed by atoms with Crippen molar-refractivity contribution in [2.45, 2.75) is 13.0 Å². The Morgan fingerprint density at radius 2 is 1.68 bits per heavy atom. The van der Waals surface area contributed by atoms with Crippen molar-refractivity contribution in [1.29, 1.82) is 0 Å². The van der Waals surface area contributed by atoms with E-state index in [1.165, 1.54) is 0 Å². The molecule has 0 aliphatic carbocycles. The average Bonchev–Trinajstić information content (AvgIpc) is 2.62. The summed E-state index contributed by atoms with van der Waals surface area (Å²) in [7, 11) is 3.18. The number of hydrogen-bond donors (Lipinski definition) is 3. The molecule has 0 amide bonds. The zero-order valence-electron chi connectivity index (χ0n) is 14.4. The van der Waals surface area contributed by atoms with Gasteiger partial charge in [0, 0.05) is 18.3 Å². The summed E-state index contributed by atoms with van der Waals surface area (Å²) in [6, 6.07) is 13.2. The van der Waals surface area contributed by atoms with E-state index in [1.54, 1.807) is 26.4 Å². The monoisotopic (exact) mass is 457 g/mol. The number of nitrogens with two attached hydrogens (primary N) is 1. The number of nitrogens with one attached hydrogen (secondary N) is 1. The first-order valence-corrected chi connectivity index (χ1v) is 7.64. The number of aliphatic imine (C=N–C) groups is 1. The minimum Gasteiger partial charge on any atom is -0.493 e. The van der Waals surface area contributed by atoms with Crippen LogP contribution >= 0.6 is 24.0 Å². The van der Waals surface area contributed by atoms with Crippen LogP contribution in [0.2, 0.25) is 0 Å². The van der Waals surface area contributed by atoms with Crippen LogP contribution < -0.4 is 20.5 Å². The summed E-state index contributed by atoms with van der Waals surface area (Å²) in [5.74, 6) is 1.62. The Morgan fingerprint density at radius 1 is 1.04 bits per heavy atom. The number of anilines is 1. The first kappa shape index (κ1) is 21.0. The summed E-state index contributed by atoms with van der Waals surface area (Å²) < 4.78 is 10.4. The van der Waals surface area contributed by atoms with Crippen molar-refractivity contribution in [3.05, 3.63) is 53.6 Å². The highest BCUT2D eigenvalue weighted by Crippen LogP contribution is 2.29. The van der Waals surface area contributed by atoms with Crippen LogP contribution in [-0.4, -0.2) is 31.8 Å². The summed E-state index contributed by atoms with van der Waals surface area (Å²) in [5.41, 5.74) is 8.74. The second-order valence-electron chi connectivity index (χ2n) is 5.19. The van der Waals surface area contributed by atoms with Crippen molar-refractivity contribution in [2.75, 3.05) is 26.1 Å². The summed E-state index contributed by atoms with van der Waals surface area (Å²) in [6.07, 6.45) is 0.778. The van der Waals surface area contributed by atoms with Crippen LogP contribution in [0.4, 0.5) is 5.69 Å². The predicted molar refractivity (Wildman–Crippen MR) is 111 cm³/mol. The molecule has 136 valence electrons. The van der Waals surface area contributed by atoms with Crippen LogP contribution in [0.1, 0.15) is 11.1 Å². The molecule has 0 atom stereocenters. The van der Waals surface area contributed by atoms with Crippen molar-refractivity contribution < 1.29 is 14.6 Å². The lowest BCUT2D eigenvalue weighted by atomic mass is 10.1. The molecule has 2 aromatic carbocycles. The Bertz CT molecular complexity index is 690. The topological polar surface area (TPSA) is 89.1 Å². The fraction of sp³-hybridized carbons (Fsp3) is 0.278.